The average Bonchev–Trinajstić information content (AvgIpc) is 2.73. The summed E-state index contributed by atoms with van der Waals surface area (Å²) in [6.45, 7) is 6.75. The molecule has 3 heteroatoms. The highest BCUT2D eigenvalue weighted by Crippen LogP contribution is 2.24. The van der Waals surface area contributed by atoms with Gasteiger partial charge in [0.1, 0.15) is 6.23 Å². The molecule has 82 valence electrons. The van der Waals surface area contributed by atoms with E-state index in [4.69, 9.17) is 4.74 Å². The first kappa shape index (κ1) is 10.4. The molecule has 1 aliphatic heterocycles. The Labute approximate surface area is 90.7 Å². The zero-order valence-electron chi connectivity index (χ0n) is 9.28. The highest BCUT2D eigenvalue weighted by molar-refractivity contribution is 5.41. The Morgan fingerprint density at radius 2 is 2.53 bits per heavy atom. The second-order valence-corrected chi connectivity index (χ2v) is 3.88. The summed E-state index contributed by atoms with van der Waals surface area (Å²) in [4.78, 5) is 0. The maximum atomic E-state index is 5.73. The second kappa shape index (κ2) is 4.62. The molecule has 0 aliphatic carbocycles. The van der Waals surface area contributed by atoms with Gasteiger partial charge in [0.05, 0.1) is 5.69 Å². The summed E-state index contributed by atoms with van der Waals surface area (Å²) in [6, 6.07) is 2.09. The van der Waals surface area contributed by atoms with Gasteiger partial charge in [-0.1, -0.05) is 13.5 Å². The number of rotatable bonds is 3. The summed E-state index contributed by atoms with van der Waals surface area (Å²) in [7, 11) is 0. The highest BCUT2D eigenvalue weighted by Gasteiger charge is 2.18. The van der Waals surface area contributed by atoms with Gasteiger partial charge in [-0.3, -0.25) is 0 Å². The quantitative estimate of drug-likeness (QED) is 0.760. The highest BCUT2D eigenvalue weighted by atomic mass is 16.5. The Hall–Kier alpha value is -1.09. The van der Waals surface area contributed by atoms with E-state index in [0.717, 1.165) is 25.1 Å². The van der Waals surface area contributed by atoms with Crippen LogP contribution in [0.4, 0.5) is 0 Å². The van der Waals surface area contributed by atoms with E-state index in [0.29, 0.717) is 0 Å². The number of aryl methyl sites for hydroxylation is 1. The molecule has 3 nitrogen and oxygen atoms in total. The van der Waals surface area contributed by atoms with Crippen molar-refractivity contribution in [3.05, 3.63) is 24.0 Å². The Balaban J connectivity index is 2.24. The second-order valence-electron chi connectivity index (χ2n) is 3.88. The summed E-state index contributed by atoms with van der Waals surface area (Å²) >= 11 is 0. The molecule has 1 saturated heterocycles. The van der Waals surface area contributed by atoms with Gasteiger partial charge in [-0.15, -0.1) is 0 Å². The number of nitrogens with zero attached hydrogens (tertiary/aromatic N) is 2. The normalized spacial score (nSPS) is 21.5. The molecule has 0 spiro atoms. The summed E-state index contributed by atoms with van der Waals surface area (Å²) in [5.41, 5.74) is 2.18. The van der Waals surface area contributed by atoms with Crippen molar-refractivity contribution in [3.8, 4) is 0 Å². The fourth-order valence-electron chi connectivity index (χ4n) is 1.98. The van der Waals surface area contributed by atoms with E-state index in [1.54, 1.807) is 6.08 Å². The molecule has 1 atom stereocenters. The van der Waals surface area contributed by atoms with Gasteiger partial charge in [-0.25, -0.2) is 4.68 Å². The summed E-state index contributed by atoms with van der Waals surface area (Å²) in [5.74, 6) is 0. The van der Waals surface area contributed by atoms with Crippen molar-refractivity contribution in [3.63, 3.8) is 0 Å². The lowest BCUT2D eigenvalue weighted by Crippen LogP contribution is -2.20. The van der Waals surface area contributed by atoms with Gasteiger partial charge in [0.25, 0.3) is 0 Å². The van der Waals surface area contributed by atoms with E-state index in [1.807, 2.05) is 4.68 Å². The predicted octanol–water partition coefficient (Wildman–Crippen LogP) is 2.79. The van der Waals surface area contributed by atoms with Crippen LogP contribution < -0.4 is 0 Å². The van der Waals surface area contributed by atoms with Crippen molar-refractivity contribution in [1.29, 1.82) is 0 Å². The zero-order valence-corrected chi connectivity index (χ0v) is 9.28. The molecule has 2 heterocycles. The van der Waals surface area contributed by atoms with Gasteiger partial charge < -0.3 is 4.74 Å². The molecule has 1 aliphatic rings. The van der Waals surface area contributed by atoms with Gasteiger partial charge >= 0.3 is 0 Å². The molecular weight excluding hydrogens is 188 g/mol. The van der Waals surface area contributed by atoms with Crippen LogP contribution in [-0.4, -0.2) is 16.4 Å². The minimum atomic E-state index is 0.141. The van der Waals surface area contributed by atoms with E-state index in [9.17, 15) is 0 Å². The molecule has 0 bridgehead atoms. The predicted molar refractivity (Wildman–Crippen MR) is 60.5 cm³/mol. The number of hydrogen-bond acceptors (Lipinski definition) is 2. The van der Waals surface area contributed by atoms with Gasteiger partial charge in [-0.05, 0) is 37.8 Å². The molecule has 2 rings (SSSR count). The largest absolute Gasteiger partial charge is 0.357 e. The Bertz CT molecular complexity index is 337. The molecule has 1 fully saturated rings. The standard InChI is InChI=1S/C12H18N2O/c1-3-10-9-11(4-2)14(13-10)12-7-5-6-8-15-12/h3,9,12H,1,4-8H2,2H3. The van der Waals surface area contributed by atoms with Gasteiger partial charge in [0, 0.05) is 12.3 Å². The molecule has 0 amide bonds. The first-order chi connectivity index (χ1) is 7.35. The van der Waals surface area contributed by atoms with Crippen LogP contribution in [-0.2, 0) is 11.2 Å². The van der Waals surface area contributed by atoms with Crippen LogP contribution in [0, 0.1) is 0 Å². The summed E-state index contributed by atoms with van der Waals surface area (Å²) in [6.07, 6.45) is 6.40. The Morgan fingerprint density at radius 3 is 3.13 bits per heavy atom. The number of hydrogen-bond donors (Lipinski definition) is 0. The van der Waals surface area contributed by atoms with Crippen LogP contribution in [0.5, 0.6) is 0 Å². The lowest BCUT2D eigenvalue weighted by atomic mass is 10.2. The minimum Gasteiger partial charge on any atom is -0.357 e. The molecule has 1 unspecified atom stereocenters. The number of ether oxygens (including phenoxy) is 1. The molecular formula is C12H18N2O. The van der Waals surface area contributed by atoms with E-state index < -0.39 is 0 Å². The van der Waals surface area contributed by atoms with Crippen molar-refractivity contribution >= 4 is 6.08 Å². The van der Waals surface area contributed by atoms with Gasteiger partial charge in [0.15, 0.2) is 0 Å². The van der Waals surface area contributed by atoms with Crippen molar-refractivity contribution in [2.45, 2.75) is 38.8 Å². The summed E-state index contributed by atoms with van der Waals surface area (Å²) < 4.78 is 7.75. The minimum absolute atomic E-state index is 0.141. The fourth-order valence-corrected chi connectivity index (χ4v) is 1.98. The average molecular weight is 206 g/mol. The van der Waals surface area contributed by atoms with Crippen LogP contribution in [0.3, 0.4) is 0 Å². The van der Waals surface area contributed by atoms with E-state index in [2.05, 4.69) is 24.7 Å². The SMILES string of the molecule is C=Cc1cc(CC)n(C2CCCCO2)n1. The van der Waals surface area contributed by atoms with E-state index in [1.165, 1.54) is 18.5 Å². The topological polar surface area (TPSA) is 27.1 Å². The van der Waals surface area contributed by atoms with Crippen LogP contribution >= 0.6 is 0 Å². The van der Waals surface area contributed by atoms with Crippen molar-refractivity contribution in [2.24, 2.45) is 0 Å². The van der Waals surface area contributed by atoms with Crippen molar-refractivity contribution in [1.82, 2.24) is 9.78 Å². The van der Waals surface area contributed by atoms with E-state index >= 15 is 0 Å². The van der Waals surface area contributed by atoms with E-state index in [-0.39, 0.29) is 6.23 Å². The fraction of sp³-hybridized carbons (Fsp3) is 0.583. The lowest BCUT2D eigenvalue weighted by molar-refractivity contribution is -0.0410. The maximum absolute atomic E-state index is 5.73. The molecule has 0 saturated carbocycles. The molecule has 1 aromatic rings. The van der Waals surface area contributed by atoms with Crippen LogP contribution in [0.25, 0.3) is 6.08 Å². The Kier molecular flexibility index (Phi) is 3.21. The third-order valence-corrected chi connectivity index (χ3v) is 2.83. The third-order valence-electron chi connectivity index (χ3n) is 2.83. The third kappa shape index (κ3) is 2.12. The molecule has 0 N–H and O–H groups in total. The zero-order chi connectivity index (χ0) is 10.7. The van der Waals surface area contributed by atoms with Crippen LogP contribution in [0.15, 0.2) is 12.6 Å². The summed E-state index contributed by atoms with van der Waals surface area (Å²) in [5, 5.41) is 4.50. The van der Waals surface area contributed by atoms with Gasteiger partial charge in [0.2, 0.25) is 0 Å². The monoisotopic (exact) mass is 206 g/mol. The van der Waals surface area contributed by atoms with Crippen molar-refractivity contribution in [2.75, 3.05) is 6.61 Å². The molecule has 15 heavy (non-hydrogen) atoms. The number of aromatic nitrogens is 2. The molecule has 0 radical (unpaired) electrons. The smallest absolute Gasteiger partial charge is 0.150 e. The Morgan fingerprint density at radius 1 is 1.67 bits per heavy atom. The molecule has 1 aromatic heterocycles. The molecule has 0 aromatic carbocycles. The maximum Gasteiger partial charge on any atom is 0.150 e. The van der Waals surface area contributed by atoms with Crippen LogP contribution in [0.1, 0.15) is 43.8 Å². The first-order valence-electron chi connectivity index (χ1n) is 5.67. The van der Waals surface area contributed by atoms with Crippen LogP contribution in [0.2, 0.25) is 0 Å². The van der Waals surface area contributed by atoms with Gasteiger partial charge in [-0.2, -0.15) is 5.10 Å². The lowest BCUT2D eigenvalue weighted by Gasteiger charge is -2.24. The van der Waals surface area contributed by atoms with Crippen molar-refractivity contribution < 1.29 is 4.74 Å². The first-order valence-corrected chi connectivity index (χ1v) is 5.67.